The molecule has 1 aromatic carbocycles. The van der Waals surface area contributed by atoms with Gasteiger partial charge >= 0.3 is 6.18 Å². The van der Waals surface area contributed by atoms with Gasteiger partial charge in [-0.1, -0.05) is 12.1 Å². The molecule has 0 radical (unpaired) electrons. The molecule has 31 heavy (non-hydrogen) atoms. The van der Waals surface area contributed by atoms with Crippen molar-refractivity contribution in [2.75, 3.05) is 19.6 Å². The maximum absolute atomic E-state index is 12.8. The minimum Gasteiger partial charge on any atom is -0.362 e. The van der Waals surface area contributed by atoms with Crippen molar-refractivity contribution in [3.05, 3.63) is 34.9 Å². The van der Waals surface area contributed by atoms with E-state index in [9.17, 15) is 27.6 Å². The largest absolute Gasteiger partial charge is 0.415 e. The van der Waals surface area contributed by atoms with Gasteiger partial charge in [0.1, 0.15) is 6.04 Å². The number of alkyl halides is 3. The highest BCUT2D eigenvalue weighted by molar-refractivity contribution is 6.05. The molecule has 0 saturated carbocycles. The number of nitrogens with zero attached hydrogens (tertiary/aromatic N) is 1. The van der Waals surface area contributed by atoms with E-state index in [-0.39, 0.29) is 37.9 Å². The zero-order valence-electron chi connectivity index (χ0n) is 16.6. The van der Waals surface area contributed by atoms with Crippen molar-refractivity contribution in [3.8, 4) is 0 Å². The van der Waals surface area contributed by atoms with Crippen molar-refractivity contribution in [3.63, 3.8) is 0 Å². The van der Waals surface area contributed by atoms with Crippen LogP contribution in [0, 0.1) is 0 Å². The molecule has 4 rings (SSSR count). The maximum atomic E-state index is 12.8. The van der Waals surface area contributed by atoms with Crippen molar-refractivity contribution in [2.24, 2.45) is 0 Å². The lowest BCUT2D eigenvalue weighted by atomic mass is 10.0. The highest BCUT2D eigenvalue weighted by Gasteiger charge is 2.43. The average molecular weight is 440 g/mol. The molecule has 0 spiro atoms. The molecule has 3 amide bonds. The molecule has 0 bridgehead atoms. The van der Waals surface area contributed by atoms with Crippen LogP contribution in [0.1, 0.15) is 34.3 Å². The third-order valence-corrected chi connectivity index (χ3v) is 5.71. The number of fused-ring (bicyclic) bond motifs is 1. The summed E-state index contributed by atoms with van der Waals surface area (Å²) in [5.41, 5.74) is 2.16. The first kappa shape index (κ1) is 21.7. The third kappa shape index (κ3) is 4.73. The van der Waals surface area contributed by atoms with E-state index in [0.29, 0.717) is 25.1 Å². The number of carbonyl (C=O) groups excluding carboxylic acids is 3. The van der Waals surface area contributed by atoms with E-state index in [1.807, 2.05) is 6.07 Å². The van der Waals surface area contributed by atoms with Crippen LogP contribution in [0.3, 0.4) is 0 Å². The summed E-state index contributed by atoms with van der Waals surface area (Å²) in [6, 6.07) is 4.65. The molecule has 2 saturated heterocycles. The summed E-state index contributed by atoms with van der Waals surface area (Å²) >= 11 is 0. The quantitative estimate of drug-likeness (QED) is 0.576. The molecule has 3 aliphatic rings. The summed E-state index contributed by atoms with van der Waals surface area (Å²) in [5, 5.41) is 8.11. The number of benzene rings is 1. The van der Waals surface area contributed by atoms with Gasteiger partial charge in [-0.25, -0.2) is 0 Å². The molecule has 3 atom stereocenters. The van der Waals surface area contributed by atoms with Crippen LogP contribution in [0.5, 0.6) is 0 Å². The van der Waals surface area contributed by atoms with Gasteiger partial charge < -0.3 is 20.3 Å². The number of carbonyl (C=O) groups is 3. The van der Waals surface area contributed by atoms with Gasteiger partial charge in [-0.3, -0.25) is 19.7 Å². The van der Waals surface area contributed by atoms with Gasteiger partial charge in [0.15, 0.2) is 6.10 Å². The Morgan fingerprint density at radius 1 is 1.19 bits per heavy atom. The normalized spacial score (nSPS) is 26.7. The van der Waals surface area contributed by atoms with E-state index in [2.05, 4.69) is 16.0 Å². The number of amides is 3. The third-order valence-electron chi connectivity index (χ3n) is 5.71. The molecule has 3 N–H and O–H groups in total. The number of morpholine rings is 1. The molecule has 0 aliphatic carbocycles. The summed E-state index contributed by atoms with van der Waals surface area (Å²) in [7, 11) is 0. The van der Waals surface area contributed by atoms with Crippen molar-refractivity contribution < 1.29 is 32.3 Å². The lowest BCUT2D eigenvalue weighted by molar-refractivity contribution is -0.238. The summed E-state index contributed by atoms with van der Waals surface area (Å²) in [6.07, 6.45) is -6.31. The summed E-state index contributed by atoms with van der Waals surface area (Å²) in [4.78, 5) is 37.6. The first-order valence-corrected chi connectivity index (χ1v) is 10.1. The molecule has 2 fully saturated rings. The SMILES string of the molecule is O=C1CCC(N2Cc3cc(CNCC4CNCC(C(F)(F)F)O4)ccc3C2=O)C(=O)N1. The minimum absolute atomic E-state index is 0.193. The Kier molecular flexibility index (Phi) is 6.00. The Labute approximate surface area is 176 Å². The van der Waals surface area contributed by atoms with E-state index in [0.717, 1.165) is 11.1 Å². The van der Waals surface area contributed by atoms with Gasteiger partial charge in [-0.2, -0.15) is 13.2 Å². The average Bonchev–Trinajstić information content (AvgIpc) is 3.03. The standard InChI is InChI=1S/C20H23F3N4O4/c21-20(22,23)16-9-25-8-13(31-16)7-24-6-11-1-2-14-12(5-11)10-27(19(14)30)15-3-4-17(28)26-18(15)29/h1-2,5,13,15-16,24-25H,3-4,6-10H2,(H,26,28,29). The fourth-order valence-corrected chi connectivity index (χ4v) is 4.13. The van der Waals surface area contributed by atoms with Crippen molar-refractivity contribution >= 4 is 17.7 Å². The number of halogens is 3. The second kappa shape index (κ2) is 8.56. The fraction of sp³-hybridized carbons (Fsp3) is 0.550. The Bertz CT molecular complexity index is 892. The predicted octanol–water partition coefficient (Wildman–Crippen LogP) is 0.457. The summed E-state index contributed by atoms with van der Waals surface area (Å²) in [5.74, 6) is -1.04. The first-order valence-electron chi connectivity index (χ1n) is 10.1. The van der Waals surface area contributed by atoms with Crippen molar-refractivity contribution in [1.82, 2.24) is 20.9 Å². The van der Waals surface area contributed by atoms with Gasteiger partial charge in [-0.15, -0.1) is 0 Å². The van der Waals surface area contributed by atoms with Gasteiger partial charge in [0.25, 0.3) is 5.91 Å². The number of hydrogen-bond acceptors (Lipinski definition) is 6. The second-order valence-corrected chi connectivity index (χ2v) is 7.97. The Morgan fingerprint density at radius 3 is 2.74 bits per heavy atom. The fourth-order valence-electron chi connectivity index (χ4n) is 4.13. The van der Waals surface area contributed by atoms with Crippen LogP contribution in [0.15, 0.2) is 18.2 Å². The molecule has 3 unspecified atom stereocenters. The van der Waals surface area contributed by atoms with Gasteiger partial charge in [-0.05, 0) is 23.6 Å². The second-order valence-electron chi connectivity index (χ2n) is 7.97. The number of piperidine rings is 1. The van der Waals surface area contributed by atoms with Crippen LogP contribution >= 0.6 is 0 Å². The van der Waals surface area contributed by atoms with E-state index in [1.165, 1.54) is 4.90 Å². The molecule has 0 aromatic heterocycles. The predicted molar refractivity (Wildman–Crippen MR) is 102 cm³/mol. The Balaban J connectivity index is 1.32. The Morgan fingerprint density at radius 2 is 2.00 bits per heavy atom. The van der Waals surface area contributed by atoms with Crippen LogP contribution in [0.25, 0.3) is 0 Å². The molecule has 168 valence electrons. The lowest BCUT2D eigenvalue weighted by Gasteiger charge is -2.32. The topological polar surface area (TPSA) is 99.8 Å². The molecule has 11 heteroatoms. The number of nitrogens with one attached hydrogen (secondary N) is 3. The number of hydrogen-bond donors (Lipinski definition) is 3. The summed E-state index contributed by atoms with van der Waals surface area (Å²) in [6.45, 7) is 1.01. The zero-order valence-corrected chi connectivity index (χ0v) is 16.6. The number of ether oxygens (including phenoxy) is 1. The first-order chi connectivity index (χ1) is 14.7. The van der Waals surface area contributed by atoms with E-state index >= 15 is 0 Å². The molecule has 8 nitrogen and oxygen atoms in total. The molecule has 1 aromatic rings. The van der Waals surface area contributed by atoms with Crippen LogP contribution in [0.2, 0.25) is 0 Å². The van der Waals surface area contributed by atoms with E-state index < -0.39 is 30.3 Å². The number of rotatable bonds is 5. The summed E-state index contributed by atoms with van der Waals surface area (Å²) < 4.78 is 43.5. The van der Waals surface area contributed by atoms with Gasteiger partial charge in [0.05, 0.1) is 6.10 Å². The van der Waals surface area contributed by atoms with Crippen LogP contribution in [0.4, 0.5) is 13.2 Å². The smallest absolute Gasteiger partial charge is 0.362 e. The van der Waals surface area contributed by atoms with Crippen LogP contribution < -0.4 is 16.0 Å². The van der Waals surface area contributed by atoms with Crippen LogP contribution in [-0.2, 0) is 27.4 Å². The number of imide groups is 1. The van der Waals surface area contributed by atoms with Crippen molar-refractivity contribution in [2.45, 2.75) is 50.4 Å². The Hall–Kier alpha value is -2.50. The zero-order chi connectivity index (χ0) is 22.2. The van der Waals surface area contributed by atoms with Gasteiger partial charge in [0.2, 0.25) is 11.8 Å². The highest BCUT2D eigenvalue weighted by atomic mass is 19.4. The molecule has 3 heterocycles. The highest BCUT2D eigenvalue weighted by Crippen LogP contribution is 2.28. The minimum atomic E-state index is -4.40. The molecular weight excluding hydrogens is 417 g/mol. The molecule has 3 aliphatic heterocycles. The lowest BCUT2D eigenvalue weighted by Crippen LogP contribution is -2.53. The van der Waals surface area contributed by atoms with Gasteiger partial charge in [0, 0.05) is 44.7 Å². The maximum Gasteiger partial charge on any atom is 0.415 e. The van der Waals surface area contributed by atoms with E-state index in [1.54, 1.807) is 12.1 Å². The molecular formula is C20H23F3N4O4. The van der Waals surface area contributed by atoms with Crippen LogP contribution in [-0.4, -0.2) is 66.7 Å². The van der Waals surface area contributed by atoms with Crippen molar-refractivity contribution in [1.29, 1.82) is 0 Å². The monoisotopic (exact) mass is 440 g/mol. The van der Waals surface area contributed by atoms with E-state index in [4.69, 9.17) is 4.74 Å².